The van der Waals surface area contributed by atoms with Crippen molar-refractivity contribution in [2.45, 2.75) is 9.79 Å². The number of ether oxygens (including phenoxy) is 2. The highest BCUT2D eigenvalue weighted by molar-refractivity contribution is 7.91. The lowest BCUT2D eigenvalue weighted by molar-refractivity contribution is 0.0997. The Labute approximate surface area is 259 Å². The molecule has 12 nitrogen and oxygen atoms in total. The number of likely N-dealkylation sites (N-methyl/N-ethyl adjacent to an activating group) is 1. The van der Waals surface area contributed by atoms with E-state index < -0.39 is 55.2 Å². The Hall–Kier alpha value is -5.28. The van der Waals surface area contributed by atoms with Crippen LogP contribution in [0.15, 0.2) is 75.6 Å². The number of phenols is 1. The van der Waals surface area contributed by atoms with Gasteiger partial charge >= 0.3 is 0 Å². The number of carbonyl (C=O) groups excluding carboxylic acids is 1. The van der Waals surface area contributed by atoms with Crippen molar-refractivity contribution in [3.63, 3.8) is 0 Å². The fourth-order valence-corrected chi connectivity index (χ4v) is 6.27. The molecule has 232 valence electrons. The van der Waals surface area contributed by atoms with Crippen LogP contribution in [0.3, 0.4) is 0 Å². The molecule has 16 heteroatoms. The summed E-state index contributed by atoms with van der Waals surface area (Å²) in [6.07, 6.45) is 0.627. The number of aliphatic imine (C=N–C) groups is 1. The molecule has 0 saturated carbocycles. The molecule has 0 fully saturated rings. The van der Waals surface area contributed by atoms with E-state index in [0.717, 1.165) is 12.1 Å². The molecule has 0 radical (unpaired) electrons. The van der Waals surface area contributed by atoms with Gasteiger partial charge in [0, 0.05) is 19.2 Å². The van der Waals surface area contributed by atoms with E-state index >= 15 is 4.39 Å². The molecule has 0 spiro atoms. The summed E-state index contributed by atoms with van der Waals surface area (Å²) in [6, 6.07) is 11.0. The van der Waals surface area contributed by atoms with Crippen LogP contribution in [-0.2, 0) is 9.84 Å². The van der Waals surface area contributed by atoms with Gasteiger partial charge in [0.15, 0.2) is 17.3 Å². The van der Waals surface area contributed by atoms with E-state index in [1.54, 1.807) is 11.9 Å². The van der Waals surface area contributed by atoms with Gasteiger partial charge in [-0.05, 0) is 48.5 Å². The van der Waals surface area contributed by atoms with Crippen molar-refractivity contribution in [1.29, 1.82) is 5.41 Å². The Kier molecular flexibility index (Phi) is 8.32. The smallest absolute Gasteiger partial charge is 0.260 e. The minimum Gasteiger partial charge on any atom is -0.504 e. The lowest BCUT2D eigenvalue weighted by Crippen LogP contribution is -2.24. The van der Waals surface area contributed by atoms with E-state index in [2.05, 4.69) is 9.98 Å². The number of phenolic OH excluding ortho intramolecular Hbond substituents is 1. The zero-order chi connectivity index (χ0) is 32.6. The number of sulfone groups is 1. The first-order valence-corrected chi connectivity index (χ1v) is 14.8. The third-order valence-corrected chi connectivity index (χ3v) is 8.77. The van der Waals surface area contributed by atoms with Crippen LogP contribution in [0, 0.1) is 17.0 Å². The number of aromatic hydroxyl groups is 1. The van der Waals surface area contributed by atoms with Gasteiger partial charge in [-0.2, -0.15) is 4.39 Å². The van der Waals surface area contributed by atoms with E-state index in [0.29, 0.717) is 19.3 Å². The number of pyridine rings is 1. The zero-order valence-electron chi connectivity index (χ0n) is 23.2. The van der Waals surface area contributed by atoms with Crippen LogP contribution < -0.4 is 20.9 Å². The number of amidine groups is 2. The Balaban J connectivity index is 1.59. The minimum absolute atomic E-state index is 0.0589. The monoisotopic (exact) mass is 656 g/mol. The molecule has 2 heterocycles. The van der Waals surface area contributed by atoms with Gasteiger partial charge in [0.05, 0.1) is 38.7 Å². The third-order valence-electron chi connectivity index (χ3n) is 6.66. The first-order chi connectivity index (χ1) is 21.3. The number of nitrogen functional groups attached to an aromatic ring is 1. The highest BCUT2D eigenvalue weighted by Gasteiger charge is 2.29. The van der Waals surface area contributed by atoms with Crippen molar-refractivity contribution in [2.24, 2.45) is 16.5 Å². The number of rotatable bonds is 9. The van der Waals surface area contributed by atoms with Crippen molar-refractivity contribution >= 4 is 39.0 Å². The summed E-state index contributed by atoms with van der Waals surface area (Å²) < 4.78 is 69.0. The van der Waals surface area contributed by atoms with Crippen LogP contribution in [0.1, 0.15) is 21.5 Å². The molecular formula is C29H23ClF2N6O6S. The van der Waals surface area contributed by atoms with E-state index in [1.807, 2.05) is 0 Å². The Morgan fingerprint density at radius 3 is 2.51 bits per heavy atom. The third kappa shape index (κ3) is 5.94. The Bertz CT molecular complexity index is 2020. The van der Waals surface area contributed by atoms with E-state index in [1.165, 1.54) is 42.5 Å². The first kappa shape index (κ1) is 31.2. The number of hydrogen-bond donors (Lipinski definition) is 4. The number of halogens is 3. The van der Waals surface area contributed by atoms with Gasteiger partial charge in [0.25, 0.3) is 11.8 Å². The standard InChI is InChI=1S/C29H23ClF2N6O6S/c1-38-10-9-36-28(38)16-12-15(45(41,42)22-4-2-3-17(30)23(22)27(35)40)6-8-20(16)43-25-18(31)13-37-29(24(25)32)44-21-11-14(26(33)34)5-7-19(21)39/h2-8,11-13,39H,9-10H2,1H3,(H3,33,34)(H2,35,40). The van der Waals surface area contributed by atoms with Gasteiger partial charge in [-0.3, -0.25) is 15.2 Å². The molecule has 3 aromatic carbocycles. The molecule has 4 aromatic rings. The van der Waals surface area contributed by atoms with E-state index in [-0.39, 0.29) is 44.2 Å². The maximum atomic E-state index is 15.6. The van der Waals surface area contributed by atoms with Gasteiger partial charge in [-0.1, -0.05) is 17.7 Å². The fourth-order valence-electron chi connectivity index (χ4n) is 4.43. The number of primary amides is 1. The summed E-state index contributed by atoms with van der Waals surface area (Å²) in [4.78, 5) is 21.0. The van der Waals surface area contributed by atoms with Crippen molar-refractivity contribution in [1.82, 2.24) is 9.88 Å². The van der Waals surface area contributed by atoms with Crippen LogP contribution in [-0.4, -0.2) is 61.1 Å². The fraction of sp³-hybridized carbons (Fsp3) is 0.103. The molecule has 5 rings (SSSR count). The summed E-state index contributed by atoms with van der Waals surface area (Å²) >= 11 is 6.08. The number of nitrogens with zero attached hydrogens (tertiary/aromatic N) is 3. The maximum absolute atomic E-state index is 15.6. The van der Waals surface area contributed by atoms with Crippen LogP contribution in [0.2, 0.25) is 5.02 Å². The van der Waals surface area contributed by atoms with Gasteiger partial charge in [0.2, 0.25) is 21.4 Å². The first-order valence-electron chi connectivity index (χ1n) is 12.9. The summed E-state index contributed by atoms with van der Waals surface area (Å²) in [5.74, 6) is -6.43. The highest BCUT2D eigenvalue weighted by atomic mass is 35.5. The highest BCUT2D eigenvalue weighted by Crippen LogP contribution is 2.39. The number of amides is 1. The number of aromatic nitrogens is 1. The van der Waals surface area contributed by atoms with Gasteiger partial charge in [-0.25, -0.2) is 17.8 Å². The summed E-state index contributed by atoms with van der Waals surface area (Å²) in [5, 5.41) is 17.6. The second kappa shape index (κ2) is 12.0. The molecule has 0 atom stereocenters. The van der Waals surface area contributed by atoms with E-state index in [4.69, 9.17) is 38.0 Å². The molecule has 0 saturated heterocycles. The van der Waals surface area contributed by atoms with Crippen LogP contribution in [0.4, 0.5) is 8.78 Å². The Morgan fingerprint density at radius 1 is 1.09 bits per heavy atom. The second-order valence-electron chi connectivity index (χ2n) is 9.62. The van der Waals surface area contributed by atoms with E-state index in [9.17, 15) is 22.7 Å². The molecule has 0 bridgehead atoms. The number of hydrogen-bond acceptors (Lipinski definition) is 10. The van der Waals surface area contributed by atoms with Crippen molar-refractivity contribution < 1.29 is 36.6 Å². The van der Waals surface area contributed by atoms with Crippen molar-refractivity contribution in [2.75, 3.05) is 20.1 Å². The average Bonchev–Trinajstić information content (AvgIpc) is 3.42. The SMILES string of the molecule is CN1CCN=C1c1cc(S(=O)(=O)c2cccc(Cl)c2C(N)=O)ccc1Oc1c(F)cnc(Oc2cc(C(=N)N)ccc2O)c1F. The maximum Gasteiger partial charge on any atom is 0.260 e. The molecule has 1 amide bonds. The molecule has 1 aliphatic rings. The van der Waals surface area contributed by atoms with Crippen molar-refractivity contribution in [3.05, 3.63) is 94.1 Å². The minimum atomic E-state index is -4.41. The molecule has 45 heavy (non-hydrogen) atoms. The molecule has 1 aromatic heterocycles. The molecule has 1 aliphatic heterocycles. The predicted octanol–water partition coefficient (Wildman–Crippen LogP) is 4.21. The summed E-state index contributed by atoms with van der Waals surface area (Å²) in [7, 11) is -2.73. The van der Waals surface area contributed by atoms with Gasteiger partial charge in [-0.15, -0.1) is 0 Å². The topological polar surface area (TPSA) is 194 Å². The molecule has 0 unspecified atom stereocenters. The number of carbonyl (C=O) groups is 1. The normalized spacial score (nSPS) is 13.0. The largest absolute Gasteiger partial charge is 0.504 e. The van der Waals surface area contributed by atoms with Crippen LogP contribution in [0.25, 0.3) is 0 Å². The summed E-state index contributed by atoms with van der Waals surface area (Å²) in [6.45, 7) is 0.811. The molecular weight excluding hydrogens is 634 g/mol. The predicted molar refractivity (Wildman–Crippen MR) is 159 cm³/mol. The quantitative estimate of drug-likeness (QED) is 0.151. The summed E-state index contributed by atoms with van der Waals surface area (Å²) in [5.41, 5.74) is 10.7. The zero-order valence-corrected chi connectivity index (χ0v) is 24.8. The Morgan fingerprint density at radius 2 is 1.84 bits per heavy atom. The number of nitrogens with two attached hydrogens (primary N) is 2. The van der Waals surface area contributed by atoms with Crippen LogP contribution >= 0.6 is 11.6 Å². The second-order valence-corrected chi connectivity index (χ2v) is 11.9. The lowest BCUT2D eigenvalue weighted by atomic mass is 10.1. The van der Waals surface area contributed by atoms with Gasteiger partial charge < -0.3 is 30.9 Å². The lowest BCUT2D eigenvalue weighted by Gasteiger charge is -2.19. The number of nitrogens with one attached hydrogen (secondary N) is 1. The molecule has 6 N–H and O–H groups in total. The number of benzene rings is 3. The van der Waals surface area contributed by atoms with Crippen LogP contribution in [0.5, 0.6) is 28.9 Å². The molecule has 0 aliphatic carbocycles. The average molecular weight is 657 g/mol. The van der Waals surface area contributed by atoms with Crippen molar-refractivity contribution in [3.8, 4) is 28.9 Å². The van der Waals surface area contributed by atoms with Gasteiger partial charge in [0.1, 0.15) is 17.4 Å².